The van der Waals surface area contributed by atoms with Crippen LogP contribution in [0, 0.1) is 0 Å². The van der Waals surface area contributed by atoms with E-state index in [-0.39, 0.29) is 24.4 Å². The lowest BCUT2D eigenvalue weighted by Crippen LogP contribution is -2.45. The molecule has 2 aliphatic rings. The number of ether oxygens (including phenoxy) is 4. The van der Waals surface area contributed by atoms with Crippen molar-refractivity contribution in [3.05, 3.63) is 29.8 Å². The van der Waals surface area contributed by atoms with Gasteiger partial charge in [0, 0.05) is 12.8 Å². The molecule has 2 fully saturated rings. The van der Waals surface area contributed by atoms with Gasteiger partial charge < -0.3 is 29.6 Å². The molecule has 8 heteroatoms. The summed E-state index contributed by atoms with van der Waals surface area (Å²) in [6.07, 6.45) is -0.200. The summed E-state index contributed by atoms with van der Waals surface area (Å²) < 4.78 is 21.6. The highest BCUT2D eigenvalue weighted by Crippen LogP contribution is 2.28. The zero-order chi connectivity index (χ0) is 17.1. The summed E-state index contributed by atoms with van der Waals surface area (Å²) in [4.78, 5) is 11.6. The minimum absolute atomic E-state index is 0.0416. The lowest BCUT2D eigenvalue weighted by molar-refractivity contribution is -0.00798. The second-order valence-corrected chi connectivity index (χ2v) is 6.06. The average molecular weight is 352 g/mol. The first-order valence-electron chi connectivity index (χ1n) is 7.64. The van der Waals surface area contributed by atoms with Crippen molar-refractivity contribution in [2.45, 2.75) is 24.4 Å². The maximum absolute atomic E-state index is 11.6. The SMILES string of the molecule is COC(=O)c1cccc(NC(=S)N[C@H]2CO[C@H]3[C@@H]2OC[C@H]3OC)c1. The highest BCUT2D eigenvalue weighted by molar-refractivity contribution is 7.80. The molecule has 0 radical (unpaired) electrons. The van der Waals surface area contributed by atoms with Crippen LogP contribution >= 0.6 is 12.2 Å². The highest BCUT2D eigenvalue weighted by Gasteiger charge is 2.48. The molecule has 1 aromatic rings. The minimum atomic E-state index is -0.394. The number of hydrogen-bond acceptors (Lipinski definition) is 6. The van der Waals surface area contributed by atoms with E-state index in [1.54, 1.807) is 25.3 Å². The van der Waals surface area contributed by atoms with E-state index in [9.17, 15) is 4.79 Å². The third-order valence-corrected chi connectivity index (χ3v) is 4.39. The molecule has 1 aromatic carbocycles. The Kier molecular flexibility index (Phi) is 5.30. The normalized spacial score (nSPS) is 28.2. The van der Waals surface area contributed by atoms with Gasteiger partial charge in [-0.15, -0.1) is 0 Å². The quantitative estimate of drug-likeness (QED) is 0.612. The Labute approximate surface area is 145 Å². The van der Waals surface area contributed by atoms with Crippen LogP contribution in [-0.4, -0.2) is 62.9 Å². The minimum Gasteiger partial charge on any atom is -0.465 e. The Morgan fingerprint density at radius 2 is 2.04 bits per heavy atom. The summed E-state index contributed by atoms with van der Waals surface area (Å²) in [5.41, 5.74) is 1.16. The van der Waals surface area contributed by atoms with Crippen LogP contribution in [0.25, 0.3) is 0 Å². The van der Waals surface area contributed by atoms with E-state index in [0.717, 1.165) is 0 Å². The zero-order valence-electron chi connectivity index (χ0n) is 13.5. The highest BCUT2D eigenvalue weighted by atomic mass is 32.1. The molecule has 7 nitrogen and oxygen atoms in total. The number of anilines is 1. The molecule has 130 valence electrons. The monoisotopic (exact) mass is 352 g/mol. The molecule has 24 heavy (non-hydrogen) atoms. The lowest BCUT2D eigenvalue weighted by atomic mass is 10.1. The van der Waals surface area contributed by atoms with Gasteiger partial charge in [-0.1, -0.05) is 6.07 Å². The average Bonchev–Trinajstić information content (AvgIpc) is 3.17. The maximum atomic E-state index is 11.6. The molecule has 0 aromatic heterocycles. The van der Waals surface area contributed by atoms with Crippen molar-refractivity contribution in [2.75, 3.05) is 32.8 Å². The van der Waals surface area contributed by atoms with Crippen molar-refractivity contribution in [3.8, 4) is 0 Å². The van der Waals surface area contributed by atoms with Crippen molar-refractivity contribution >= 4 is 29.0 Å². The first-order chi connectivity index (χ1) is 11.6. The van der Waals surface area contributed by atoms with Gasteiger partial charge in [0.1, 0.15) is 18.3 Å². The first-order valence-corrected chi connectivity index (χ1v) is 8.05. The second kappa shape index (κ2) is 7.43. The summed E-state index contributed by atoms with van der Waals surface area (Å²) in [5, 5.41) is 6.71. The Balaban J connectivity index is 1.58. The number of methoxy groups -OCH3 is 2. The summed E-state index contributed by atoms with van der Waals surface area (Å²) in [7, 11) is 3.00. The van der Waals surface area contributed by atoms with E-state index < -0.39 is 5.97 Å². The van der Waals surface area contributed by atoms with E-state index in [2.05, 4.69) is 10.6 Å². The van der Waals surface area contributed by atoms with Gasteiger partial charge in [-0.2, -0.15) is 0 Å². The van der Waals surface area contributed by atoms with Gasteiger partial charge in [0.15, 0.2) is 5.11 Å². The molecular formula is C16H20N2O5S. The topological polar surface area (TPSA) is 78.1 Å². The fourth-order valence-corrected chi connectivity index (χ4v) is 3.24. The van der Waals surface area contributed by atoms with Crippen molar-refractivity contribution < 1.29 is 23.7 Å². The number of hydrogen-bond donors (Lipinski definition) is 2. The van der Waals surface area contributed by atoms with Gasteiger partial charge in [-0.3, -0.25) is 0 Å². The number of esters is 1. The van der Waals surface area contributed by atoms with Crippen LogP contribution in [0.4, 0.5) is 5.69 Å². The van der Waals surface area contributed by atoms with Crippen LogP contribution in [0.15, 0.2) is 24.3 Å². The van der Waals surface area contributed by atoms with Crippen LogP contribution in [0.5, 0.6) is 0 Å². The standard InChI is InChI=1S/C16H20N2O5S/c1-20-12-8-23-13-11(7-22-14(12)13)18-16(24)17-10-5-3-4-9(6-10)15(19)21-2/h3-6,11-14H,7-8H2,1-2H3,(H2,17,18,24)/t11-,12+,13+,14+/m0/s1. The summed E-state index contributed by atoms with van der Waals surface area (Å²) in [5.74, 6) is -0.394. The molecular weight excluding hydrogens is 332 g/mol. The van der Waals surface area contributed by atoms with E-state index in [0.29, 0.717) is 29.6 Å². The molecule has 0 unspecified atom stereocenters. The molecule has 4 atom stereocenters. The van der Waals surface area contributed by atoms with Crippen LogP contribution in [0.2, 0.25) is 0 Å². The molecule has 0 aliphatic carbocycles. The fraction of sp³-hybridized carbons (Fsp3) is 0.500. The van der Waals surface area contributed by atoms with Gasteiger partial charge in [0.25, 0.3) is 0 Å². The Morgan fingerprint density at radius 3 is 2.79 bits per heavy atom. The molecule has 0 bridgehead atoms. The number of fused-ring (bicyclic) bond motifs is 1. The third-order valence-electron chi connectivity index (χ3n) is 4.17. The van der Waals surface area contributed by atoms with E-state index in [4.69, 9.17) is 31.2 Å². The Morgan fingerprint density at radius 1 is 1.25 bits per heavy atom. The molecule has 2 heterocycles. The first kappa shape index (κ1) is 17.1. The number of carbonyl (C=O) groups is 1. The maximum Gasteiger partial charge on any atom is 0.337 e. The summed E-state index contributed by atoms with van der Waals surface area (Å²) in [6.45, 7) is 1.02. The lowest BCUT2D eigenvalue weighted by Gasteiger charge is -2.20. The largest absolute Gasteiger partial charge is 0.465 e. The van der Waals surface area contributed by atoms with Crippen LogP contribution in [0.3, 0.4) is 0 Å². The van der Waals surface area contributed by atoms with Crippen LogP contribution < -0.4 is 10.6 Å². The summed E-state index contributed by atoms with van der Waals surface area (Å²) in [6, 6.07) is 6.90. The molecule has 2 N–H and O–H groups in total. The van der Waals surface area contributed by atoms with Crippen molar-refractivity contribution in [3.63, 3.8) is 0 Å². The second-order valence-electron chi connectivity index (χ2n) is 5.65. The molecule has 0 spiro atoms. The van der Waals surface area contributed by atoms with Gasteiger partial charge in [0.2, 0.25) is 0 Å². The molecule has 0 amide bonds. The zero-order valence-corrected chi connectivity index (χ0v) is 14.3. The van der Waals surface area contributed by atoms with Gasteiger partial charge >= 0.3 is 5.97 Å². The van der Waals surface area contributed by atoms with Gasteiger partial charge in [0.05, 0.1) is 31.9 Å². The molecule has 2 saturated heterocycles. The van der Waals surface area contributed by atoms with Crippen LogP contribution in [-0.2, 0) is 18.9 Å². The van der Waals surface area contributed by atoms with Crippen molar-refractivity contribution in [1.29, 1.82) is 0 Å². The van der Waals surface area contributed by atoms with Crippen molar-refractivity contribution in [1.82, 2.24) is 5.32 Å². The predicted octanol–water partition coefficient (Wildman–Crippen LogP) is 0.941. The number of carbonyl (C=O) groups excluding carboxylic acids is 1. The van der Waals surface area contributed by atoms with Gasteiger partial charge in [-0.25, -0.2) is 4.79 Å². The molecule has 3 rings (SSSR count). The van der Waals surface area contributed by atoms with E-state index in [1.165, 1.54) is 7.11 Å². The number of benzene rings is 1. The number of nitrogens with one attached hydrogen (secondary N) is 2. The van der Waals surface area contributed by atoms with E-state index >= 15 is 0 Å². The Bertz CT molecular complexity index is 626. The predicted molar refractivity (Wildman–Crippen MR) is 91.2 cm³/mol. The van der Waals surface area contributed by atoms with Crippen LogP contribution in [0.1, 0.15) is 10.4 Å². The van der Waals surface area contributed by atoms with Crippen molar-refractivity contribution in [2.24, 2.45) is 0 Å². The smallest absolute Gasteiger partial charge is 0.337 e. The number of rotatable bonds is 4. The third kappa shape index (κ3) is 3.51. The summed E-state index contributed by atoms with van der Waals surface area (Å²) >= 11 is 5.35. The number of thiocarbonyl (C=S) groups is 1. The van der Waals surface area contributed by atoms with E-state index in [1.807, 2.05) is 6.07 Å². The Hall–Kier alpha value is -1.74. The molecule has 2 aliphatic heterocycles. The molecule has 0 saturated carbocycles. The van der Waals surface area contributed by atoms with Gasteiger partial charge in [-0.05, 0) is 30.4 Å². The fourth-order valence-electron chi connectivity index (χ4n) is 2.97.